The maximum atomic E-state index is 11.0. The van der Waals surface area contributed by atoms with Gasteiger partial charge in [0.05, 0.1) is 7.11 Å². The van der Waals surface area contributed by atoms with Gasteiger partial charge in [0.2, 0.25) is 0 Å². The summed E-state index contributed by atoms with van der Waals surface area (Å²) in [4.78, 5) is 14.9. The van der Waals surface area contributed by atoms with Crippen LogP contribution in [0.1, 0.15) is 13.8 Å². The topological polar surface area (TPSA) is 47.9 Å². The van der Waals surface area contributed by atoms with E-state index in [1.165, 1.54) is 7.11 Å². The Balaban J connectivity index is 2.68. The average molecular weight is 157 g/mol. The van der Waals surface area contributed by atoms with Crippen LogP contribution in [0.3, 0.4) is 0 Å². The van der Waals surface area contributed by atoms with Gasteiger partial charge in [-0.1, -0.05) is 13.8 Å². The number of hydrogen-bond donors (Lipinski definition) is 0. The molecule has 1 atom stereocenters. The lowest BCUT2D eigenvalue weighted by molar-refractivity contribution is -0.136. The first-order chi connectivity index (χ1) is 5.15. The number of esters is 1. The van der Waals surface area contributed by atoms with Crippen molar-refractivity contribution >= 4 is 12.1 Å². The lowest BCUT2D eigenvalue weighted by Gasteiger charge is -2.04. The minimum Gasteiger partial charge on any atom is -0.454 e. The van der Waals surface area contributed by atoms with Crippen LogP contribution in [0, 0.1) is 5.92 Å². The van der Waals surface area contributed by atoms with Crippen molar-refractivity contribution in [1.29, 1.82) is 0 Å². The van der Waals surface area contributed by atoms with Crippen molar-refractivity contribution in [2.45, 2.75) is 19.9 Å². The fraction of sp³-hybridized carbons (Fsp3) is 0.714. The van der Waals surface area contributed by atoms with Gasteiger partial charge in [-0.2, -0.15) is 0 Å². The van der Waals surface area contributed by atoms with Crippen molar-refractivity contribution in [2.24, 2.45) is 10.9 Å². The van der Waals surface area contributed by atoms with Crippen LogP contribution in [-0.4, -0.2) is 25.2 Å². The van der Waals surface area contributed by atoms with Crippen LogP contribution < -0.4 is 0 Å². The summed E-state index contributed by atoms with van der Waals surface area (Å²) >= 11 is 0. The van der Waals surface area contributed by atoms with E-state index in [4.69, 9.17) is 0 Å². The zero-order chi connectivity index (χ0) is 8.43. The maximum absolute atomic E-state index is 11.0. The Morgan fingerprint density at radius 2 is 2.27 bits per heavy atom. The molecule has 0 unspecified atom stereocenters. The van der Waals surface area contributed by atoms with Crippen LogP contribution in [-0.2, 0) is 14.3 Å². The van der Waals surface area contributed by atoms with Gasteiger partial charge in [-0.3, -0.25) is 0 Å². The van der Waals surface area contributed by atoms with Gasteiger partial charge in [0.15, 0.2) is 6.04 Å². The summed E-state index contributed by atoms with van der Waals surface area (Å²) < 4.78 is 9.34. The molecule has 0 spiro atoms. The van der Waals surface area contributed by atoms with Crippen molar-refractivity contribution in [2.75, 3.05) is 7.11 Å². The zero-order valence-electron chi connectivity index (χ0n) is 6.83. The number of methoxy groups -OCH3 is 1. The molecule has 0 saturated carbocycles. The Kier molecular flexibility index (Phi) is 2.12. The van der Waals surface area contributed by atoms with Crippen LogP contribution in [0.2, 0.25) is 0 Å². The lowest BCUT2D eigenvalue weighted by atomic mass is 10.1. The fourth-order valence-electron chi connectivity index (χ4n) is 0.855. The van der Waals surface area contributed by atoms with Crippen molar-refractivity contribution < 1.29 is 14.3 Å². The summed E-state index contributed by atoms with van der Waals surface area (Å²) in [7, 11) is 1.43. The van der Waals surface area contributed by atoms with E-state index in [9.17, 15) is 4.79 Å². The molecule has 0 bridgehead atoms. The summed E-state index contributed by atoms with van der Waals surface area (Å²) in [5.41, 5.74) is 0. The number of ether oxygens (including phenoxy) is 2. The SMILES string of the molecule is COC1=N[C@@H](C(C)C)C(=O)O1. The molecular formula is C7H11NO3. The van der Waals surface area contributed by atoms with Crippen LogP contribution in [0.25, 0.3) is 0 Å². The van der Waals surface area contributed by atoms with Crippen LogP contribution in [0.5, 0.6) is 0 Å². The van der Waals surface area contributed by atoms with Crippen LogP contribution in [0.4, 0.5) is 0 Å². The second-order valence-electron chi connectivity index (χ2n) is 2.71. The molecule has 1 rings (SSSR count). The van der Waals surface area contributed by atoms with E-state index >= 15 is 0 Å². The molecule has 1 aliphatic rings. The van der Waals surface area contributed by atoms with Gasteiger partial charge in [0.1, 0.15) is 0 Å². The molecule has 1 heterocycles. The molecule has 4 nitrogen and oxygen atoms in total. The highest BCUT2D eigenvalue weighted by Crippen LogP contribution is 2.14. The predicted octanol–water partition coefficient (Wildman–Crippen LogP) is 0.570. The zero-order valence-corrected chi connectivity index (χ0v) is 6.83. The molecule has 0 aromatic rings. The van der Waals surface area contributed by atoms with Gasteiger partial charge >= 0.3 is 12.1 Å². The molecule has 0 aliphatic carbocycles. The third kappa shape index (κ3) is 1.50. The minimum atomic E-state index is -0.384. The van der Waals surface area contributed by atoms with Crippen molar-refractivity contribution in [3.8, 4) is 0 Å². The number of carbonyl (C=O) groups excluding carboxylic acids is 1. The molecule has 11 heavy (non-hydrogen) atoms. The van der Waals surface area contributed by atoms with E-state index in [2.05, 4.69) is 14.5 Å². The largest absolute Gasteiger partial charge is 0.454 e. The number of aliphatic imine (C=N–C) groups is 1. The average Bonchev–Trinajstić information content (AvgIpc) is 2.30. The molecule has 0 amide bonds. The Morgan fingerprint density at radius 1 is 1.64 bits per heavy atom. The highest BCUT2D eigenvalue weighted by Gasteiger charge is 2.32. The van der Waals surface area contributed by atoms with Crippen molar-refractivity contribution in [3.05, 3.63) is 0 Å². The molecule has 0 fully saturated rings. The number of rotatable bonds is 1. The minimum absolute atomic E-state index is 0.0775. The smallest absolute Gasteiger partial charge is 0.392 e. The first-order valence-corrected chi connectivity index (χ1v) is 3.48. The van der Waals surface area contributed by atoms with Gasteiger partial charge in [0.25, 0.3) is 0 Å². The predicted molar refractivity (Wildman–Crippen MR) is 39.2 cm³/mol. The van der Waals surface area contributed by atoms with E-state index in [-0.39, 0.29) is 24.0 Å². The summed E-state index contributed by atoms with van der Waals surface area (Å²) in [6.07, 6.45) is 0.0775. The summed E-state index contributed by atoms with van der Waals surface area (Å²) in [6.45, 7) is 3.82. The van der Waals surface area contributed by atoms with Crippen LogP contribution >= 0.6 is 0 Å². The highest BCUT2D eigenvalue weighted by atomic mass is 16.7. The van der Waals surface area contributed by atoms with Gasteiger partial charge in [-0.25, -0.2) is 9.79 Å². The molecule has 0 aromatic heterocycles. The van der Waals surface area contributed by atoms with Gasteiger partial charge < -0.3 is 9.47 Å². The van der Waals surface area contributed by atoms with Gasteiger partial charge in [-0.05, 0) is 5.92 Å². The molecule has 0 saturated heterocycles. The number of nitrogens with zero attached hydrogens (tertiary/aromatic N) is 1. The molecule has 0 N–H and O–H groups in total. The number of cyclic esters (lactones) is 1. The standard InChI is InChI=1S/C7H11NO3/c1-4(2)5-6(9)11-7(8-5)10-3/h4-5H,1-3H3/t5-/m0/s1. The molecule has 0 aromatic carbocycles. The van der Waals surface area contributed by atoms with Crippen molar-refractivity contribution in [3.63, 3.8) is 0 Å². The lowest BCUT2D eigenvalue weighted by Crippen LogP contribution is -2.20. The first kappa shape index (κ1) is 8.04. The first-order valence-electron chi connectivity index (χ1n) is 3.48. The molecule has 62 valence electrons. The van der Waals surface area contributed by atoms with Gasteiger partial charge in [0, 0.05) is 0 Å². The normalized spacial score (nSPS) is 23.5. The Morgan fingerprint density at radius 3 is 2.55 bits per heavy atom. The molecule has 1 aliphatic heterocycles. The summed E-state index contributed by atoms with van der Waals surface area (Å²) in [6, 6.07) is -0.384. The van der Waals surface area contributed by atoms with Gasteiger partial charge in [-0.15, -0.1) is 0 Å². The molecule has 0 radical (unpaired) electrons. The third-order valence-electron chi connectivity index (χ3n) is 1.48. The Bertz CT molecular complexity index is 198. The van der Waals surface area contributed by atoms with E-state index in [0.29, 0.717) is 0 Å². The van der Waals surface area contributed by atoms with E-state index in [1.54, 1.807) is 0 Å². The number of carbonyl (C=O) groups is 1. The quantitative estimate of drug-likeness (QED) is 0.523. The van der Waals surface area contributed by atoms with Crippen molar-refractivity contribution in [1.82, 2.24) is 0 Å². The van der Waals surface area contributed by atoms with Crippen LogP contribution in [0.15, 0.2) is 4.99 Å². The summed E-state index contributed by atoms with van der Waals surface area (Å²) in [5, 5.41) is 0. The maximum Gasteiger partial charge on any atom is 0.392 e. The third-order valence-corrected chi connectivity index (χ3v) is 1.48. The summed E-state index contributed by atoms with van der Waals surface area (Å²) in [5.74, 6) is -0.160. The van der Waals surface area contributed by atoms with E-state index in [0.717, 1.165) is 0 Å². The number of hydrogen-bond acceptors (Lipinski definition) is 4. The van der Waals surface area contributed by atoms with E-state index < -0.39 is 0 Å². The second-order valence-corrected chi connectivity index (χ2v) is 2.71. The fourth-order valence-corrected chi connectivity index (χ4v) is 0.855. The second kappa shape index (κ2) is 2.90. The Labute approximate surface area is 65.2 Å². The monoisotopic (exact) mass is 157 g/mol. The molecule has 4 heteroatoms. The highest BCUT2D eigenvalue weighted by molar-refractivity contribution is 5.93. The molecular weight excluding hydrogens is 146 g/mol. The Hall–Kier alpha value is -1.06. The van der Waals surface area contributed by atoms with E-state index in [1.807, 2.05) is 13.8 Å².